The molecule has 1 rings (SSSR count). The summed E-state index contributed by atoms with van der Waals surface area (Å²) in [6.07, 6.45) is 25.6. The Balaban J connectivity index is 1.89. The van der Waals surface area contributed by atoms with Crippen LogP contribution in [0.2, 0.25) is 0 Å². The van der Waals surface area contributed by atoms with E-state index in [4.69, 9.17) is 11.6 Å². The van der Waals surface area contributed by atoms with Crippen LogP contribution in [0.4, 0.5) is 0 Å². The molecule has 0 saturated heterocycles. The van der Waals surface area contributed by atoms with Crippen molar-refractivity contribution in [1.29, 1.82) is 0 Å². The van der Waals surface area contributed by atoms with Crippen LogP contribution in [0.5, 0.6) is 0 Å². The number of halogens is 1. The summed E-state index contributed by atoms with van der Waals surface area (Å²) < 4.78 is 0. The van der Waals surface area contributed by atoms with Crippen molar-refractivity contribution in [3.8, 4) is 0 Å². The van der Waals surface area contributed by atoms with Gasteiger partial charge in [0.25, 0.3) is 0 Å². The average molecular weight is 421 g/mol. The second-order valence-corrected chi connectivity index (χ2v) is 9.45. The summed E-state index contributed by atoms with van der Waals surface area (Å²) in [5.41, 5.74) is 5.72. The van der Waals surface area contributed by atoms with Crippen LogP contribution in [0, 0.1) is 13.8 Å². The molecule has 0 spiro atoms. The van der Waals surface area contributed by atoms with E-state index in [9.17, 15) is 0 Å². The van der Waals surface area contributed by atoms with Crippen LogP contribution in [0.3, 0.4) is 0 Å². The summed E-state index contributed by atoms with van der Waals surface area (Å²) in [7, 11) is 0. The fourth-order valence-electron chi connectivity index (χ4n) is 4.43. The Morgan fingerprint density at radius 2 is 1.00 bits per heavy atom. The van der Waals surface area contributed by atoms with Crippen LogP contribution >= 0.6 is 11.6 Å². The van der Waals surface area contributed by atoms with E-state index >= 15 is 0 Å². The van der Waals surface area contributed by atoms with Crippen molar-refractivity contribution >= 4 is 11.6 Å². The Kier molecular flexibility index (Phi) is 16.7. The Morgan fingerprint density at radius 1 is 0.586 bits per heavy atom. The monoisotopic (exact) mass is 420 g/mol. The average Bonchev–Trinajstić information content (AvgIpc) is 2.73. The topological polar surface area (TPSA) is 0 Å². The van der Waals surface area contributed by atoms with Gasteiger partial charge in [-0.3, -0.25) is 0 Å². The molecule has 0 heterocycles. The molecule has 0 aliphatic carbocycles. The molecule has 0 aliphatic rings. The molecule has 0 aliphatic heterocycles. The van der Waals surface area contributed by atoms with E-state index < -0.39 is 0 Å². The van der Waals surface area contributed by atoms with E-state index in [1.165, 1.54) is 138 Å². The largest absolute Gasteiger partial charge is 0.122 e. The lowest BCUT2D eigenvalue weighted by atomic mass is 9.94. The maximum absolute atomic E-state index is 6.14. The third-order valence-corrected chi connectivity index (χ3v) is 6.93. The quantitative estimate of drug-likeness (QED) is 0.154. The number of rotatable bonds is 19. The second kappa shape index (κ2) is 18.3. The third kappa shape index (κ3) is 12.7. The van der Waals surface area contributed by atoms with Gasteiger partial charge >= 0.3 is 0 Å². The highest BCUT2D eigenvalue weighted by Crippen LogP contribution is 2.22. The summed E-state index contributed by atoms with van der Waals surface area (Å²) in [6, 6.07) is 4.43. The van der Waals surface area contributed by atoms with Gasteiger partial charge in [0, 0.05) is 5.88 Å². The van der Waals surface area contributed by atoms with Crippen LogP contribution in [0.25, 0.3) is 0 Å². The molecular weight excluding hydrogens is 372 g/mol. The van der Waals surface area contributed by atoms with Gasteiger partial charge in [0.2, 0.25) is 0 Å². The van der Waals surface area contributed by atoms with Crippen LogP contribution in [-0.4, -0.2) is 0 Å². The summed E-state index contributed by atoms with van der Waals surface area (Å²) >= 11 is 6.14. The van der Waals surface area contributed by atoms with Gasteiger partial charge in [0.15, 0.2) is 0 Å². The van der Waals surface area contributed by atoms with E-state index in [0.717, 1.165) is 0 Å². The van der Waals surface area contributed by atoms with Gasteiger partial charge < -0.3 is 0 Å². The van der Waals surface area contributed by atoms with Crippen molar-refractivity contribution < 1.29 is 0 Å². The van der Waals surface area contributed by atoms with Crippen LogP contribution < -0.4 is 0 Å². The molecule has 0 radical (unpaired) electrons. The molecule has 168 valence electrons. The molecule has 1 heteroatoms. The lowest BCUT2D eigenvalue weighted by molar-refractivity contribution is 0.527. The number of hydrogen-bond donors (Lipinski definition) is 0. The van der Waals surface area contributed by atoms with Gasteiger partial charge in [-0.2, -0.15) is 0 Å². The number of aryl methyl sites for hydroxylation is 1. The van der Waals surface area contributed by atoms with Gasteiger partial charge in [-0.05, 0) is 48.9 Å². The molecule has 0 amide bonds. The fraction of sp³-hybridized carbons (Fsp3) is 0.786. The maximum atomic E-state index is 6.14. The Hall–Kier alpha value is -0.490. The number of alkyl halides is 1. The first-order valence-corrected chi connectivity index (χ1v) is 13.4. The van der Waals surface area contributed by atoms with E-state index in [1.54, 1.807) is 0 Å². The van der Waals surface area contributed by atoms with Gasteiger partial charge in [-0.25, -0.2) is 0 Å². The van der Waals surface area contributed by atoms with Gasteiger partial charge in [-0.1, -0.05) is 122 Å². The molecule has 0 bridgehead atoms. The van der Waals surface area contributed by atoms with E-state index in [2.05, 4.69) is 32.9 Å². The van der Waals surface area contributed by atoms with Crippen LogP contribution in [0.15, 0.2) is 12.1 Å². The molecule has 1 aromatic carbocycles. The van der Waals surface area contributed by atoms with Gasteiger partial charge in [-0.15, -0.1) is 11.6 Å². The van der Waals surface area contributed by atoms with Crippen molar-refractivity contribution in [3.63, 3.8) is 0 Å². The van der Waals surface area contributed by atoms with Crippen molar-refractivity contribution in [3.05, 3.63) is 34.4 Å². The molecular formula is C28H49Cl. The number of benzene rings is 1. The third-order valence-electron chi connectivity index (χ3n) is 6.64. The smallest absolute Gasteiger partial charge is 0.0476 e. The minimum Gasteiger partial charge on any atom is -0.122 e. The summed E-state index contributed by atoms with van der Waals surface area (Å²) in [5, 5.41) is 0. The van der Waals surface area contributed by atoms with E-state index in [1.807, 2.05) is 0 Å². The molecule has 0 unspecified atom stereocenters. The van der Waals surface area contributed by atoms with Crippen LogP contribution in [0.1, 0.15) is 138 Å². The zero-order valence-electron chi connectivity index (χ0n) is 20.0. The maximum Gasteiger partial charge on any atom is 0.0476 e. The molecule has 0 atom stereocenters. The standard InChI is InChI=1S/C28H49Cl/c1-4-5-6-7-8-9-10-11-12-13-14-15-16-17-18-19-20-21-28-26(3)25(2)22-23-27(28)24-29/h22-23H,4-21,24H2,1-3H3. The minimum atomic E-state index is 0.648. The minimum absolute atomic E-state index is 0.648. The molecule has 0 saturated carbocycles. The Morgan fingerprint density at radius 3 is 1.41 bits per heavy atom. The van der Waals surface area contributed by atoms with Crippen molar-refractivity contribution in [2.75, 3.05) is 0 Å². The first-order chi connectivity index (χ1) is 14.2. The van der Waals surface area contributed by atoms with E-state index in [-0.39, 0.29) is 0 Å². The molecule has 29 heavy (non-hydrogen) atoms. The normalized spacial score (nSPS) is 11.3. The molecule has 0 N–H and O–H groups in total. The summed E-state index contributed by atoms with van der Waals surface area (Å²) in [5.74, 6) is 0.648. The Bertz CT molecular complexity index is 505. The molecule has 0 aromatic heterocycles. The van der Waals surface area contributed by atoms with Crippen molar-refractivity contribution in [2.45, 2.75) is 142 Å². The fourth-order valence-corrected chi connectivity index (χ4v) is 4.68. The molecule has 0 nitrogen and oxygen atoms in total. The van der Waals surface area contributed by atoms with E-state index in [0.29, 0.717) is 5.88 Å². The number of hydrogen-bond acceptors (Lipinski definition) is 0. The van der Waals surface area contributed by atoms with Gasteiger partial charge in [0.05, 0.1) is 0 Å². The lowest BCUT2D eigenvalue weighted by Gasteiger charge is -2.13. The van der Waals surface area contributed by atoms with Crippen LogP contribution in [-0.2, 0) is 12.3 Å². The predicted molar refractivity (Wildman–Crippen MR) is 133 cm³/mol. The highest BCUT2D eigenvalue weighted by atomic mass is 35.5. The number of unbranched alkanes of at least 4 members (excludes halogenated alkanes) is 16. The van der Waals surface area contributed by atoms with Gasteiger partial charge in [0.1, 0.15) is 0 Å². The first-order valence-electron chi connectivity index (χ1n) is 12.8. The highest BCUT2D eigenvalue weighted by Gasteiger charge is 2.07. The lowest BCUT2D eigenvalue weighted by Crippen LogP contribution is -1.98. The molecule has 1 aromatic rings. The summed E-state index contributed by atoms with van der Waals surface area (Å²) in [4.78, 5) is 0. The van der Waals surface area contributed by atoms with Crippen molar-refractivity contribution in [1.82, 2.24) is 0 Å². The Labute approximate surface area is 188 Å². The highest BCUT2D eigenvalue weighted by molar-refractivity contribution is 6.17. The van der Waals surface area contributed by atoms with Crippen molar-refractivity contribution in [2.24, 2.45) is 0 Å². The predicted octanol–water partition coefficient (Wildman–Crippen LogP) is 10.2. The zero-order valence-corrected chi connectivity index (χ0v) is 20.7. The summed E-state index contributed by atoms with van der Waals surface area (Å²) in [6.45, 7) is 6.77. The second-order valence-electron chi connectivity index (χ2n) is 9.19. The molecule has 0 fully saturated rings. The first kappa shape index (κ1) is 26.5. The SMILES string of the molecule is CCCCCCCCCCCCCCCCCCCc1c(CCl)ccc(C)c1C. The zero-order chi connectivity index (χ0) is 21.2.